The van der Waals surface area contributed by atoms with Crippen molar-refractivity contribution in [1.29, 1.82) is 0 Å². The lowest BCUT2D eigenvalue weighted by Gasteiger charge is -2.24. The Morgan fingerprint density at radius 3 is 2.40 bits per heavy atom. The molecule has 0 aliphatic carbocycles. The third kappa shape index (κ3) is 4.11. The fourth-order valence-electron chi connectivity index (χ4n) is 3.46. The van der Waals surface area contributed by atoms with Crippen LogP contribution in [0.5, 0.6) is 0 Å². The summed E-state index contributed by atoms with van der Waals surface area (Å²) in [5.74, 6) is -0.928. The fraction of sp³-hybridized carbons (Fsp3) is 0.333. The number of aliphatic hydroxyl groups excluding tert-OH is 1. The number of likely N-dealkylation sites (tertiary alicyclic amines) is 1. The molecule has 1 aromatic heterocycles. The Hall–Kier alpha value is -3.46. The van der Waals surface area contributed by atoms with Gasteiger partial charge in [0.15, 0.2) is 0 Å². The summed E-state index contributed by atoms with van der Waals surface area (Å²) in [4.78, 5) is 39.3. The molecule has 0 saturated carbocycles. The number of benzene rings is 1. The molecule has 1 saturated heterocycles. The Morgan fingerprint density at radius 2 is 1.87 bits per heavy atom. The molecule has 9 nitrogen and oxygen atoms in total. The minimum absolute atomic E-state index is 0.0898. The van der Waals surface area contributed by atoms with E-state index < -0.39 is 28.4 Å². The highest BCUT2D eigenvalue weighted by Gasteiger charge is 2.47. The number of amides is 1. The molecule has 0 bridgehead atoms. The molecule has 3 rings (SSSR count). The van der Waals surface area contributed by atoms with E-state index in [0.717, 1.165) is 6.54 Å². The van der Waals surface area contributed by atoms with Crippen LogP contribution in [0.25, 0.3) is 5.76 Å². The van der Waals surface area contributed by atoms with Gasteiger partial charge in [-0.25, -0.2) is 0 Å². The van der Waals surface area contributed by atoms with Crippen molar-refractivity contribution < 1.29 is 24.0 Å². The number of aryl methyl sites for hydroxylation is 1. The first-order chi connectivity index (χ1) is 14.2. The number of hydrogen-bond acceptors (Lipinski definition) is 7. The monoisotopic (exact) mass is 413 g/mol. The number of aliphatic hydroxyl groups is 1. The minimum Gasteiger partial charge on any atom is -0.507 e. The van der Waals surface area contributed by atoms with Gasteiger partial charge in [0.25, 0.3) is 17.4 Å². The number of nitrogens with zero attached hydrogens (tertiary/aromatic N) is 3. The first-order valence-corrected chi connectivity index (χ1v) is 9.45. The molecule has 2 aromatic rings. The standard InChI is InChI=1S/C21H23N3O6/c1-13-5-10-16(30-13)18-17(19(25)14-6-8-15(9-7-14)24(28)29)20(26)21(27)23(18)12-4-11-22(2)3/h5-10,18,25H,4,11-12H2,1-3H3/b19-17-. The second-order valence-corrected chi connectivity index (χ2v) is 7.40. The maximum atomic E-state index is 12.8. The van der Waals surface area contributed by atoms with Crippen LogP contribution < -0.4 is 0 Å². The summed E-state index contributed by atoms with van der Waals surface area (Å²) in [5.41, 5.74) is -0.0258. The van der Waals surface area contributed by atoms with Gasteiger partial charge in [-0.2, -0.15) is 0 Å². The van der Waals surface area contributed by atoms with Crippen LogP contribution in [-0.2, 0) is 9.59 Å². The third-order valence-corrected chi connectivity index (χ3v) is 4.93. The number of nitro groups is 1. The van der Waals surface area contributed by atoms with Crippen LogP contribution >= 0.6 is 0 Å². The second-order valence-electron chi connectivity index (χ2n) is 7.40. The molecule has 1 N–H and O–H groups in total. The first-order valence-electron chi connectivity index (χ1n) is 9.45. The summed E-state index contributed by atoms with van der Waals surface area (Å²) in [6.45, 7) is 2.78. The highest BCUT2D eigenvalue weighted by atomic mass is 16.6. The molecule has 1 unspecified atom stereocenters. The predicted octanol–water partition coefficient (Wildman–Crippen LogP) is 2.87. The molecule has 158 valence electrons. The molecule has 30 heavy (non-hydrogen) atoms. The largest absolute Gasteiger partial charge is 0.507 e. The van der Waals surface area contributed by atoms with Gasteiger partial charge in [-0.05, 0) is 58.3 Å². The van der Waals surface area contributed by atoms with Gasteiger partial charge in [-0.1, -0.05) is 0 Å². The second kappa shape index (κ2) is 8.50. The van der Waals surface area contributed by atoms with Crippen LogP contribution in [-0.4, -0.2) is 58.7 Å². The average molecular weight is 413 g/mol. The number of ketones is 1. The van der Waals surface area contributed by atoms with E-state index in [1.807, 2.05) is 19.0 Å². The van der Waals surface area contributed by atoms with E-state index in [1.54, 1.807) is 19.1 Å². The van der Waals surface area contributed by atoms with E-state index in [0.29, 0.717) is 24.5 Å². The molecule has 1 atom stereocenters. The fourth-order valence-corrected chi connectivity index (χ4v) is 3.46. The van der Waals surface area contributed by atoms with Crippen molar-refractivity contribution >= 4 is 23.1 Å². The van der Waals surface area contributed by atoms with Gasteiger partial charge in [-0.15, -0.1) is 0 Å². The zero-order valence-electron chi connectivity index (χ0n) is 17.0. The Balaban J connectivity index is 2.05. The van der Waals surface area contributed by atoms with Crippen molar-refractivity contribution in [3.63, 3.8) is 0 Å². The lowest BCUT2D eigenvalue weighted by Crippen LogP contribution is -2.32. The predicted molar refractivity (Wildman–Crippen MR) is 109 cm³/mol. The molecular formula is C21H23N3O6. The van der Waals surface area contributed by atoms with Crippen LogP contribution in [0.4, 0.5) is 5.69 Å². The maximum Gasteiger partial charge on any atom is 0.295 e. The van der Waals surface area contributed by atoms with Crippen molar-refractivity contribution in [3.8, 4) is 0 Å². The quantitative estimate of drug-likeness (QED) is 0.244. The molecule has 0 radical (unpaired) electrons. The summed E-state index contributed by atoms with van der Waals surface area (Å²) in [6, 6.07) is 7.68. The zero-order valence-corrected chi connectivity index (χ0v) is 17.0. The lowest BCUT2D eigenvalue weighted by atomic mass is 9.99. The van der Waals surface area contributed by atoms with E-state index in [-0.39, 0.29) is 16.8 Å². The molecule has 1 aromatic carbocycles. The van der Waals surface area contributed by atoms with Crippen molar-refractivity contribution in [2.24, 2.45) is 0 Å². The molecule has 1 amide bonds. The van der Waals surface area contributed by atoms with E-state index in [4.69, 9.17) is 4.42 Å². The molecule has 1 aliphatic rings. The molecule has 9 heteroatoms. The minimum atomic E-state index is -0.865. The highest BCUT2D eigenvalue weighted by Crippen LogP contribution is 2.40. The van der Waals surface area contributed by atoms with Crippen molar-refractivity contribution in [2.75, 3.05) is 27.2 Å². The number of furan rings is 1. The van der Waals surface area contributed by atoms with E-state index >= 15 is 0 Å². The molecular weight excluding hydrogens is 390 g/mol. The summed E-state index contributed by atoms with van der Waals surface area (Å²) >= 11 is 0. The van der Waals surface area contributed by atoms with Crippen molar-refractivity contribution in [2.45, 2.75) is 19.4 Å². The zero-order chi connectivity index (χ0) is 22.0. The number of rotatable bonds is 7. The average Bonchev–Trinajstić information content (AvgIpc) is 3.23. The Kier molecular flexibility index (Phi) is 6.02. The third-order valence-electron chi connectivity index (χ3n) is 4.93. The number of carbonyl (C=O) groups is 2. The van der Waals surface area contributed by atoms with Gasteiger partial charge in [0.1, 0.15) is 23.3 Å². The van der Waals surface area contributed by atoms with Gasteiger partial charge in [0.05, 0.1) is 10.5 Å². The van der Waals surface area contributed by atoms with Crippen LogP contribution in [0.15, 0.2) is 46.4 Å². The van der Waals surface area contributed by atoms with Gasteiger partial charge >= 0.3 is 0 Å². The highest BCUT2D eigenvalue weighted by molar-refractivity contribution is 6.46. The number of non-ortho nitro benzene ring substituents is 1. The van der Waals surface area contributed by atoms with E-state index in [1.165, 1.54) is 29.2 Å². The van der Waals surface area contributed by atoms with Gasteiger partial charge in [-0.3, -0.25) is 19.7 Å². The topological polar surface area (TPSA) is 117 Å². The molecule has 0 spiro atoms. The van der Waals surface area contributed by atoms with E-state index in [9.17, 15) is 24.8 Å². The Bertz CT molecular complexity index is 1010. The maximum absolute atomic E-state index is 12.8. The molecule has 2 heterocycles. The summed E-state index contributed by atoms with van der Waals surface area (Å²) in [5, 5.41) is 21.7. The van der Waals surface area contributed by atoms with Crippen LogP contribution in [0.3, 0.4) is 0 Å². The van der Waals surface area contributed by atoms with E-state index in [2.05, 4.69) is 0 Å². The van der Waals surface area contributed by atoms with Crippen LogP contribution in [0.1, 0.15) is 29.5 Å². The first kappa shape index (κ1) is 21.3. The molecule has 1 aliphatic heterocycles. The molecule has 1 fully saturated rings. The number of Topliss-reactive ketones (excluding diaryl/α,β-unsaturated/α-hetero) is 1. The van der Waals surface area contributed by atoms with Gasteiger partial charge in [0.2, 0.25) is 0 Å². The summed E-state index contributed by atoms with van der Waals surface area (Å²) < 4.78 is 5.70. The summed E-state index contributed by atoms with van der Waals surface area (Å²) in [6.07, 6.45) is 0.633. The smallest absolute Gasteiger partial charge is 0.295 e. The van der Waals surface area contributed by atoms with Crippen LogP contribution in [0.2, 0.25) is 0 Å². The Morgan fingerprint density at radius 1 is 1.20 bits per heavy atom. The lowest BCUT2D eigenvalue weighted by molar-refractivity contribution is -0.384. The number of hydrogen-bond donors (Lipinski definition) is 1. The summed E-state index contributed by atoms with van der Waals surface area (Å²) in [7, 11) is 3.83. The van der Waals surface area contributed by atoms with Gasteiger partial charge in [0, 0.05) is 24.2 Å². The van der Waals surface area contributed by atoms with Crippen molar-refractivity contribution in [3.05, 3.63) is 69.2 Å². The van der Waals surface area contributed by atoms with Crippen LogP contribution in [0, 0.1) is 17.0 Å². The number of nitro benzene ring substituents is 1. The SMILES string of the molecule is Cc1ccc(C2/C(=C(/O)c3ccc([N+](=O)[O-])cc3)C(=O)C(=O)N2CCCN(C)C)o1. The Labute approximate surface area is 173 Å². The normalized spacial score (nSPS) is 18.4. The van der Waals surface area contributed by atoms with Gasteiger partial charge < -0.3 is 19.3 Å². The number of carbonyl (C=O) groups excluding carboxylic acids is 2. The van der Waals surface area contributed by atoms with Crippen molar-refractivity contribution in [1.82, 2.24) is 9.80 Å².